The minimum atomic E-state index is -0.530. The number of piperidine rings is 1. The van der Waals surface area contributed by atoms with Crippen molar-refractivity contribution in [3.05, 3.63) is 35.9 Å². The molecule has 0 spiro atoms. The molecule has 25 heavy (non-hydrogen) atoms. The van der Waals surface area contributed by atoms with Crippen molar-refractivity contribution in [2.75, 3.05) is 13.1 Å². The smallest absolute Gasteiger partial charge is 0.410 e. The van der Waals surface area contributed by atoms with E-state index in [1.165, 1.54) is 0 Å². The lowest BCUT2D eigenvalue weighted by atomic mass is 9.94. The third-order valence-electron chi connectivity index (χ3n) is 4.13. The molecule has 2 rings (SSSR count). The van der Waals surface area contributed by atoms with Crippen LogP contribution in [0.1, 0.15) is 39.7 Å². The molecule has 0 aromatic heterocycles. The zero-order valence-corrected chi connectivity index (χ0v) is 15.5. The van der Waals surface area contributed by atoms with Crippen LogP contribution in [-0.2, 0) is 16.1 Å². The van der Waals surface area contributed by atoms with E-state index >= 15 is 0 Å². The first-order valence-electron chi connectivity index (χ1n) is 8.70. The van der Waals surface area contributed by atoms with E-state index in [0.717, 1.165) is 12.0 Å². The highest BCUT2D eigenvalue weighted by Crippen LogP contribution is 2.20. The van der Waals surface area contributed by atoms with Crippen LogP contribution in [0.5, 0.6) is 0 Å². The molecule has 1 aliphatic rings. The number of ether oxygens (including phenoxy) is 2. The van der Waals surface area contributed by atoms with Gasteiger partial charge in [0.2, 0.25) is 0 Å². The van der Waals surface area contributed by atoms with Gasteiger partial charge in [0.05, 0.1) is 6.04 Å². The molecule has 1 N–H and O–H groups in total. The number of nitrogens with one attached hydrogen (secondary N) is 1. The predicted octanol–water partition coefficient (Wildman–Crippen LogP) is 3.56. The van der Waals surface area contributed by atoms with Gasteiger partial charge in [0.25, 0.3) is 0 Å². The predicted molar refractivity (Wildman–Crippen MR) is 95.1 cm³/mol. The standard InChI is InChI=1S/C19H28N2O4/c1-14-10-11-21(18(23)25-19(2,3)4)12-16(14)20-17(22)24-13-15-8-6-5-7-9-15/h5-9,14,16H,10-13H2,1-4H3,(H,20,22). The van der Waals surface area contributed by atoms with Crippen LogP contribution in [0.4, 0.5) is 9.59 Å². The van der Waals surface area contributed by atoms with Crippen LogP contribution < -0.4 is 5.32 Å². The van der Waals surface area contributed by atoms with Crippen molar-refractivity contribution >= 4 is 12.2 Å². The molecule has 1 aromatic carbocycles. The summed E-state index contributed by atoms with van der Waals surface area (Å²) in [6.45, 7) is 8.87. The topological polar surface area (TPSA) is 67.9 Å². The van der Waals surface area contributed by atoms with Gasteiger partial charge in [0, 0.05) is 13.1 Å². The summed E-state index contributed by atoms with van der Waals surface area (Å²) >= 11 is 0. The van der Waals surface area contributed by atoms with Gasteiger partial charge in [-0.05, 0) is 38.7 Å². The molecule has 2 atom stereocenters. The molecule has 6 heteroatoms. The number of nitrogens with zero attached hydrogens (tertiary/aromatic N) is 1. The number of rotatable bonds is 3. The lowest BCUT2D eigenvalue weighted by Gasteiger charge is -2.37. The second-order valence-electron chi connectivity index (χ2n) is 7.50. The number of hydrogen-bond acceptors (Lipinski definition) is 4. The summed E-state index contributed by atoms with van der Waals surface area (Å²) < 4.78 is 10.7. The van der Waals surface area contributed by atoms with E-state index in [-0.39, 0.29) is 24.7 Å². The maximum Gasteiger partial charge on any atom is 0.410 e. The highest BCUT2D eigenvalue weighted by atomic mass is 16.6. The van der Waals surface area contributed by atoms with Gasteiger partial charge < -0.3 is 19.7 Å². The Hall–Kier alpha value is -2.24. The van der Waals surface area contributed by atoms with Crippen LogP contribution in [-0.4, -0.2) is 41.8 Å². The number of hydrogen-bond donors (Lipinski definition) is 1. The average Bonchev–Trinajstić information content (AvgIpc) is 2.54. The van der Waals surface area contributed by atoms with Crippen LogP contribution in [0.25, 0.3) is 0 Å². The average molecular weight is 348 g/mol. The number of amides is 2. The summed E-state index contributed by atoms with van der Waals surface area (Å²) in [6.07, 6.45) is -0.00123. The minimum absolute atomic E-state index is 0.149. The molecule has 1 heterocycles. The summed E-state index contributed by atoms with van der Waals surface area (Å²) in [5.41, 5.74) is 0.405. The first-order valence-corrected chi connectivity index (χ1v) is 8.70. The molecular formula is C19H28N2O4. The van der Waals surface area contributed by atoms with E-state index in [0.29, 0.717) is 13.1 Å². The molecule has 6 nitrogen and oxygen atoms in total. The van der Waals surface area contributed by atoms with Crippen molar-refractivity contribution in [2.45, 2.75) is 52.4 Å². The van der Waals surface area contributed by atoms with Crippen molar-refractivity contribution in [1.82, 2.24) is 10.2 Å². The fourth-order valence-corrected chi connectivity index (χ4v) is 2.67. The Kier molecular flexibility index (Phi) is 6.28. The zero-order valence-electron chi connectivity index (χ0n) is 15.5. The molecule has 0 bridgehead atoms. The molecule has 0 aliphatic carbocycles. The summed E-state index contributed by atoms with van der Waals surface area (Å²) in [5, 5.41) is 2.88. The van der Waals surface area contributed by atoms with Crippen molar-refractivity contribution in [1.29, 1.82) is 0 Å². The van der Waals surface area contributed by atoms with E-state index in [4.69, 9.17) is 9.47 Å². The highest BCUT2D eigenvalue weighted by Gasteiger charge is 2.32. The van der Waals surface area contributed by atoms with Crippen LogP contribution in [0.2, 0.25) is 0 Å². The lowest BCUT2D eigenvalue weighted by Crippen LogP contribution is -2.54. The number of likely N-dealkylation sites (tertiary alicyclic amines) is 1. The zero-order chi connectivity index (χ0) is 18.4. The molecule has 2 amide bonds. The first kappa shape index (κ1) is 19.1. The summed E-state index contributed by atoms with van der Waals surface area (Å²) in [6, 6.07) is 9.38. The van der Waals surface area contributed by atoms with Crippen LogP contribution >= 0.6 is 0 Å². The third kappa shape index (κ3) is 6.29. The molecule has 1 aliphatic heterocycles. The monoisotopic (exact) mass is 348 g/mol. The van der Waals surface area contributed by atoms with Gasteiger partial charge in [-0.1, -0.05) is 37.3 Å². The van der Waals surface area contributed by atoms with E-state index in [1.54, 1.807) is 4.90 Å². The number of carbonyl (C=O) groups excluding carboxylic acids is 2. The molecular weight excluding hydrogens is 320 g/mol. The molecule has 2 unspecified atom stereocenters. The van der Waals surface area contributed by atoms with Gasteiger partial charge in [-0.15, -0.1) is 0 Å². The van der Waals surface area contributed by atoms with Crippen LogP contribution in [0.15, 0.2) is 30.3 Å². The second-order valence-corrected chi connectivity index (χ2v) is 7.50. The molecule has 1 aromatic rings. The van der Waals surface area contributed by atoms with Gasteiger partial charge in [0.1, 0.15) is 12.2 Å². The fourth-order valence-electron chi connectivity index (χ4n) is 2.67. The Labute approximate surface area is 149 Å². The summed E-state index contributed by atoms with van der Waals surface area (Å²) in [5.74, 6) is 0.267. The van der Waals surface area contributed by atoms with Gasteiger partial charge in [-0.2, -0.15) is 0 Å². The Morgan fingerprint density at radius 1 is 1.24 bits per heavy atom. The second kappa shape index (κ2) is 8.23. The Morgan fingerprint density at radius 3 is 2.56 bits per heavy atom. The first-order chi connectivity index (χ1) is 11.7. The van der Waals surface area contributed by atoms with E-state index in [2.05, 4.69) is 12.2 Å². The van der Waals surface area contributed by atoms with Crippen molar-refractivity contribution in [2.24, 2.45) is 5.92 Å². The van der Waals surface area contributed by atoms with Gasteiger partial charge in [-0.3, -0.25) is 0 Å². The fraction of sp³-hybridized carbons (Fsp3) is 0.579. The Morgan fingerprint density at radius 2 is 1.92 bits per heavy atom. The van der Waals surface area contributed by atoms with Crippen LogP contribution in [0, 0.1) is 5.92 Å². The maximum atomic E-state index is 12.2. The largest absolute Gasteiger partial charge is 0.445 e. The summed E-state index contributed by atoms with van der Waals surface area (Å²) in [4.78, 5) is 25.9. The quantitative estimate of drug-likeness (QED) is 0.907. The number of alkyl carbamates (subject to hydrolysis) is 1. The molecule has 138 valence electrons. The molecule has 0 saturated carbocycles. The molecule has 0 radical (unpaired) electrons. The summed E-state index contributed by atoms with van der Waals surface area (Å²) in [7, 11) is 0. The van der Waals surface area contributed by atoms with E-state index in [1.807, 2.05) is 51.1 Å². The number of carbonyl (C=O) groups is 2. The Balaban J connectivity index is 1.84. The number of benzene rings is 1. The normalized spacial score (nSPS) is 20.7. The van der Waals surface area contributed by atoms with Gasteiger partial charge >= 0.3 is 12.2 Å². The SMILES string of the molecule is CC1CCN(C(=O)OC(C)(C)C)CC1NC(=O)OCc1ccccc1. The lowest BCUT2D eigenvalue weighted by molar-refractivity contribution is 0.0143. The Bertz CT molecular complexity index is 583. The van der Waals surface area contributed by atoms with Crippen LogP contribution in [0.3, 0.4) is 0 Å². The van der Waals surface area contributed by atoms with Crippen molar-refractivity contribution < 1.29 is 19.1 Å². The van der Waals surface area contributed by atoms with Gasteiger partial charge in [-0.25, -0.2) is 9.59 Å². The maximum absolute atomic E-state index is 12.2. The minimum Gasteiger partial charge on any atom is -0.445 e. The highest BCUT2D eigenvalue weighted by molar-refractivity contribution is 5.69. The van der Waals surface area contributed by atoms with E-state index < -0.39 is 11.7 Å². The van der Waals surface area contributed by atoms with E-state index in [9.17, 15) is 9.59 Å². The third-order valence-corrected chi connectivity index (χ3v) is 4.13. The van der Waals surface area contributed by atoms with Crippen molar-refractivity contribution in [3.8, 4) is 0 Å². The molecule has 1 saturated heterocycles. The molecule has 1 fully saturated rings. The van der Waals surface area contributed by atoms with Crippen molar-refractivity contribution in [3.63, 3.8) is 0 Å². The van der Waals surface area contributed by atoms with Gasteiger partial charge in [0.15, 0.2) is 0 Å².